The molecule has 9 heteroatoms. The Hall–Kier alpha value is -3.36. The fourth-order valence-corrected chi connectivity index (χ4v) is 4.13. The van der Waals surface area contributed by atoms with Crippen LogP contribution in [0.25, 0.3) is 5.65 Å². The van der Waals surface area contributed by atoms with Crippen molar-refractivity contribution in [3.8, 4) is 11.5 Å². The second kappa shape index (κ2) is 9.25. The van der Waals surface area contributed by atoms with Crippen molar-refractivity contribution in [1.29, 1.82) is 0 Å². The van der Waals surface area contributed by atoms with Crippen LogP contribution in [0, 0.1) is 5.82 Å². The first-order chi connectivity index (χ1) is 16.0. The van der Waals surface area contributed by atoms with Gasteiger partial charge in [0, 0.05) is 23.8 Å². The lowest BCUT2D eigenvalue weighted by atomic mass is 9.92. The minimum Gasteiger partial charge on any atom is -0.457 e. The van der Waals surface area contributed by atoms with E-state index in [-0.39, 0.29) is 11.9 Å². The van der Waals surface area contributed by atoms with E-state index in [2.05, 4.69) is 20.7 Å². The number of ether oxygens (including phenoxy) is 1. The summed E-state index contributed by atoms with van der Waals surface area (Å²) in [6.07, 6.45) is 5.62. The van der Waals surface area contributed by atoms with Crippen LogP contribution in [0.15, 0.2) is 60.8 Å². The maximum absolute atomic E-state index is 13.1. The van der Waals surface area contributed by atoms with Gasteiger partial charge in [0.2, 0.25) is 0 Å². The number of fused-ring (bicyclic) bond motifs is 1. The van der Waals surface area contributed by atoms with Crippen molar-refractivity contribution >= 4 is 34.6 Å². The Kier molecular flexibility index (Phi) is 6.02. The van der Waals surface area contributed by atoms with E-state index in [1.165, 1.54) is 12.1 Å². The molecule has 0 spiro atoms. The summed E-state index contributed by atoms with van der Waals surface area (Å²) in [5, 5.41) is 11.7. The van der Waals surface area contributed by atoms with Crippen LogP contribution in [0.5, 0.6) is 11.5 Å². The van der Waals surface area contributed by atoms with Crippen LogP contribution in [0.2, 0.25) is 5.02 Å². The monoisotopic (exact) mass is 466 g/mol. The summed E-state index contributed by atoms with van der Waals surface area (Å²) in [6.45, 7) is 0. The van der Waals surface area contributed by atoms with Gasteiger partial charge in [-0.2, -0.15) is 9.61 Å². The zero-order chi connectivity index (χ0) is 22.8. The maximum atomic E-state index is 13.1. The number of nitrogens with two attached hydrogens (primary N) is 1. The van der Waals surface area contributed by atoms with Crippen molar-refractivity contribution < 1.29 is 9.13 Å². The molecule has 2 heterocycles. The van der Waals surface area contributed by atoms with Crippen molar-refractivity contribution in [1.82, 2.24) is 14.6 Å². The fraction of sp³-hybridized carbons (Fsp3) is 0.250. The predicted molar refractivity (Wildman–Crippen MR) is 128 cm³/mol. The Bertz CT molecular complexity index is 1240. The first-order valence-corrected chi connectivity index (χ1v) is 11.3. The van der Waals surface area contributed by atoms with Crippen molar-refractivity contribution in [3.63, 3.8) is 0 Å². The highest BCUT2D eigenvalue weighted by atomic mass is 35.5. The third-order valence-electron chi connectivity index (χ3n) is 5.73. The summed E-state index contributed by atoms with van der Waals surface area (Å²) in [6, 6.07) is 15.9. The molecule has 1 fully saturated rings. The van der Waals surface area contributed by atoms with Gasteiger partial charge in [-0.25, -0.2) is 9.37 Å². The molecule has 4 aromatic rings. The van der Waals surface area contributed by atoms with E-state index < -0.39 is 0 Å². The lowest BCUT2D eigenvalue weighted by Gasteiger charge is -2.27. The summed E-state index contributed by atoms with van der Waals surface area (Å²) in [7, 11) is 0. The van der Waals surface area contributed by atoms with Crippen LogP contribution in [0.3, 0.4) is 0 Å². The molecule has 5 rings (SSSR count). The largest absolute Gasteiger partial charge is 0.457 e. The van der Waals surface area contributed by atoms with Crippen molar-refractivity contribution in [2.24, 2.45) is 5.73 Å². The number of nitrogens with one attached hydrogen (secondary N) is 2. The first-order valence-electron chi connectivity index (χ1n) is 10.9. The molecular weight excluding hydrogens is 443 g/mol. The van der Waals surface area contributed by atoms with Crippen molar-refractivity contribution in [2.75, 3.05) is 10.6 Å². The molecule has 2 aromatic heterocycles. The molecule has 1 aliphatic rings. The molecule has 170 valence electrons. The first kappa shape index (κ1) is 21.5. The van der Waals surface area contributed by atoms with Crippen molar-refractivity contribution in [3.05, 3.63) is 71.6 Å². The van der Waals surface area contributed by atoms with E-state index in [1.807, 2.05) is 30.3 Å². The number of hydrogen-bond donors (Lipinski definition) is 3. The number of aromatic nitrogens is 3. The normalized spacial score (nSPS) is 18.3. The molecule has 4 N–H and O–H groups in total. The number of halogens is 2. The van der Waals surface area contributed by atoms with Crippen LogP contribution >= 0.6 is 11.6 Å². The van der Waals surface area contributed by atoms with Gasteiger partial charge in [0.1, 0.15) is 34.0 Å². The summed E-state index contributed by atoms with van der Waals surface area (Å²) in [4.78, 5) is 4.66. The van der Waals surface area contributed by atoms with Gasteiger partial charge >= 0.3 is 0 Å². The highest BCUT2D eigenvalue weighted by Crippen LogP contribution is 2.28. The highest BCUT2D eigenvalue weighted by molar-refractivity contribution is 6.33. The van der Waals surface area contributed by atoms with Crippen molar-refractivity contribution in [2.45, 2.75) is 37.8 Å². The smallest absolute Gasteiger partial charge is 0.178 e. The lowest BCUT2D eigenvalue weighted by Crippen LogP contribution is -2.33. The number of nitrogens with zero attached hydrogens (tertiary/aromatic N) is 3. The van der Waals surface area contributed by atoms with Gasteiger partial charge in [-0.05, 0) is 74.2 Å². The van der Waals surface area contributed by atoms with Gasteiger partial charge in [0.25, 0.3) is 0 Å². The highest BCUT2D eigenvalue weighted by Gasteiger charge is 2.20. The van der Waals surface area contributed by atoms with E-state index >= 15 is 0 Å². The minimum atomic E-state index is -0.301. The molecule has 1 saturated carbocycles. The Morgan fingerprint density at radius 1 is 1.00 bits per heavy atom. The maximum Gasteiger partial charge on any atom is 0.178 e. The summed E-state index contributed by atoms with van der Waals surface area (Å²) < 4.78 is 20.5. The number of benzene rings is 2. The van der Waals surface area contributed by atoms with Crippen LogP contribution in [0.1, 0.15) is 25.7 Å². The summed E-state index contributed by atoms with van der Waals surface area (Å²) >= 11 is 6.33. The van der Waals surface area contributed by atoms with Crippen LogP contribution < -0.4 is 21.1 Å². The zero-order valence-corrected chi connectivity index (χ0v) is 18.6. The molecule has 1 aliphatic carbocycles. The number of hydrogen-bond acceptors (Lipinski definition) is 6. The van der Waals surface area contributed by atoms with E-state index in [9.17, 15) is 4.39 Å². The second-order valence-corrected chi connectivity index (χ2v) is 8.62. The molecule has 0 amide bonds. The van der Waals surface area contributed by atoms with Gasteiger partial charge in [-0.15, -0.1) is 0 Å². The van der Waals surface area contributed by atoms with Crippen LogP contribution in [-0.4, -0.2) is 26.7 Å². The van der Waals surface area contributed by atoms with Gasteiger partial charge < -0.3 is 21.1 Å². The SMILES string of the molecule is NC1CCC(Nc2cc(Nc3ccc(Oc4ccc(F)cc4)cc3)n3ncc(Cl)c3n2)CC1. The molecule has 0 atom stereocenters. The number of rotatable bonds is 6. The Morgan fingerprint density at radius 3 is 2.36 bits per heavy atom. The third-order valence-corrected chi connectivity index (χ3v) is 6.00. The average Bonchev–Trinajstić information content (AvgIpc) is 3.19. The van der Waals surface area contributed by atoms with Gasteiger partial charge in [0.05, 0.1) is 6.20 Å². The molecule has 2 aromatic carbocycles. The van der Waals surface area contributed by atoms with E-state index in [4.69, 9.17) is 22.1 Å². The molecule has 0 radical (unpaired) electrons. The third kappa shape index (κ3) is 5.02. The number of anilines is 3. The average molecular weight is 467 g/mol. The fourth-order valence-electron chi connectivity index (χ4n) is 3.96. The zero-order valence-electron chi connectivity index (χ0n) is 17.8. The Balaban J connectivity index is 1.34. The summed E-state index contributed by atoms with van der Waals surface area (Å²) in [5.41, 5.74) is 7.45. The van der Waals surface area contributed by atoms with Gasteiger partial charge in [-0.3, -0.25) is 0 Å². The van der Waals surface area contributed by atoms with E-state index in [0.717, 1.165) is 43.0 Å². The predicted octanol–water partition coefficient (Wildman–Crippen LogP) is 5.74. The van der Waals surface area contributed by atoms with Gasteiger partial charge in [-0.1, -0.05) is 11.6 Å². The summed E-state index contributed by atoms with van der Waals surface area (Å²) in [5.74, 6) is 2.38. The molecular formula is C24H24ClFN6O. The van der Waals surface area contributed by atoms with Gasteiger partial charge in [0.15, 0.2) is 5.65 Å². The van der Waals surface area contributed by atoms with E-state index in [1.54, 1.807) is 22.8 Å². The lowest BCUT2D eigenvalue weighted by molar-refractivity contribution is 0.410. The molecule has 7 nitrogen and oxygen atoms in total. The second-order valence-electron chi connectivity index (χ2n) is 8.22. The van der Waals surface area contributed by atoms with Crippen LogP contribution in [-0.2, 0) is 0 Å². The topological polar surface area (TPSA) is 89.5 Å². The Morgan fingerprint density at radius 2 is 1.67 bits per heavy atom. The molecule has 0 bridgehead atoms. The minimum absolute atomic E-state index is 0.287. The van der Waals surface area contributed by atoms with E-state index in [0.29, 0.717) is 28.2 Å². The Labute approximate surface area is 195 Å². The molecule has 0 aliphatic heterocycles. The quantitative estimate of drug-likeness (QED) is 0.336. The van der Waals surface area contributed by atoms with Crippen LogP contribution in [0.4, 0.5) is 21.7 Å². The molecule has 0 saturated heterocycles. The molecule has 0 unspecified atom stereocenters. The standard InChI is InChI=1S/C24H24ClFN6O/c25-21-14-28-32-23(13-22(31-24(21)32)29-17-5-3-16(27)4-6-17)30-18-7-11-20(12-8-18)33-19-9-1-15(26)2-10-19/h1-2,7-14,16-17,30H,3-6,27H2,(H,29,31). The molecule has 33 heavy (non-hydrogen) atoms.